The molecule has 0 spiro atoms. The summed E-state index contributed by atoms with van der Waals surface area (Å²) in [6.45, 7) is 8.63. The van der Waals surface area contributed by atoms with Crippen LogP contribution in [0.1, 0.15) is 102 Å². The molecule has 0 amide bonds. The van der Waals surface area contributed by atoms with E-state index in [2.05, 4.69) is 75.8 Å². The van der Waals surface area contributed by atoms with Crippen molar-refractivity contribution >= 4 is 112 Å². The lowest BCUT2D eigenvalue weighted by molar-refractivity contribution is -0.145. The Labute approximate surface area is 530 Å². The van der Waals surface area contributed by atoms with E-state index in [1.807, 2.05) is 48.5 Å². The molecule has 0 heterocycles. The van der Waals surface area contributed by atoms with Gasteiger partial charge in [-0.1, -0.05) is 90.1 Å². The summed E-state index contributed by atoms with van der Waals surface area (Å²) in [7, 11) is 0. The minimum absolute atomic E-state index is 0.0555. The summed E-state index contributed by atoms with van der Waals surface area (Å²) in [5.41, 5.74) is 2.94. The molecular formula is C61H78O18S6. The second-order valence-electron chi connectivity index (χ2n) is 20.2. The zero-order chi connectivity index (χ0) is 62.1. The van der Waals surface area contributed by atoms with Gasteiger partial charge in [0.25, 0.3) is 0 Å². The number of rotatable bonds is 38. The summed E-state index contributed by atoms with van der Waals surface area (Å²) in [5.74, 6) is -2.28. The number of esters is 6. The van der Waals surface area contributed by atoms with Crippen LogP contribution in [-0.2, 0) is 62.6 Å². The monoisotopic (exact) mass is 1290 g/mol. The van der Waals surface area contributed by atoms with E-state index in [4.69, 9.17) is 56.8 Å². The molecule has 0 bridgehead atoms. The van der Waals surface area contributed by atoms with Crippen LogP contribution in [-0.4, -0.2) is 147 Å². The second-order valence-corrected chi connectivity index (χ2v) is 25.5. The van der Waals surface area contributed by atoms with Crippen molar-refractivity contribution in [1.29, 1.82) is 0 Å². The molecule has 4 aromatic rings. The summed E-state index contributed by atoms with van der Waals surface area (Å²) in [6, 6.07) is 22.7. The molecule has 0 N–H and O–H groups in total. The number of hydrogen-bond donors (Lipinski definition) is 6. The standard InChI is InChI=1S/C61H78O18S6/c1-37(80)27-53(62)72-19-15-68-49-33-43(34-50(69-16-20-73-54(63)28-38(2)81)59(49)78-25-23-76-57(66)31-41(5)84)61(47-13-9-7-11-45(47)46-12-8-10-14-48(46)61)44-35-51(70-17-21-74-55(64)29-39(3)82)60(79-26-24-77-58(67)32-42(6)85)52(36-44)71-18-22-75-56(65)30-40(4)83/h7-14,33-42,80-85H,15-32H2,1-6H3. The molecule has 0 aliphatic heterocycles. The van der Waals surface area contributed by atoms with Gasteiger partial charge < -0.3 is 56.8 Å². The highest BCUT2D eigenvalue weighted by atomic mass is 32.1. The Balaban J connectivity index is 1.81. The number of carbonyl (C=O) groups is 6. The molecule has 6 atom stereocenters. The van der Waals surface area contributed by atoms with E-state index in [9.17, 15) is 28.8 Å². The van der Waals surface area contributed by atoms with Gasteiger partial charge in [-0.2, -0.15) is 75.8 Å². The maximum Gasteiger partial charge on any atom is 0.307 e. The molecule has 0 aromatic heterocycles. The van der Waals surface area contributed by atoms with Crippen molar-refractivity contribution in [2.24, 2.45) is 0 Å². The van der Waals surface area contributed by atoms with Gasteiger partial charge in [-0.05, 0) is 57.6 Å². The Hall–Kier alpha value is -5.40. The minimum atomic E-state index is -1.37. The van der Waals surface area contributed by atoms with Crippen LogP contribution in [0.4, 0.5) is 0 Å². The van der Waals surface area contributed by atoms with Crippen molar-refractivity contribution < 1.29 is 85.6 Å². The van der Waals surface area contributed by atoms with E-state index >= 15 is 0 Å². The predicted molar refractivity (Wildman–Crippen MR) is 341 cm³/mol. The highest BCUT2D eigenvalue weighted by Gasteiger charge is 2.48. The lowest BCUT2D eigenvalue weighted by Gasteiger charge is -2.35. The van der Waals surface area contributed by atoms with Gasteiger partial charge in [-0.25, -0.2) is 0 Å². The summed E-state index contributed by atoms with van der Waals surface area (Å²) in [5, 5.41) is -1.53. The van der Waals surface area contributed by atoms with Crippen molar-refractivity contribution in [3.8, 4) is 45.6 Å². The van der Waals surface area contributed by atoms with Gasteiger partial charge in [0.1, 0.15) is 79.3 Å². The van der Waals surface area contributed by atoms with Gasteiger partial charge in [0, 0.05) is 31.5 Å². The van der Waals surface area contributed by atoms with E-state index in [0.717, 1.165) is 22.3 Å². The first-order valence-electron chi connectivity index (χ1n) is 27.9. The molecule has 0 saturated carbocycles. The lowest BCUT2D eigenvalue weighted by Crippen LogP contribution is -2.29. The zero-order valence-corrected chi connectivity index (χ0v) is 54.0. The van der Waals surface area contributed by atoms with Gasteiger partial charge in [-0.15, -0.1) is 0 Å². The SMILES string of the molecule is CC(S)CC(=O)OCCOc1cc(C2(c3cc(OCCOC(=O)CC(C)S)c(OCCOC(=O)CC(C)S)c(OCCOC(=O)CC(C)S)c3)c3ccccc3-c3ccccc32)cc(OCCOC(=O)CC(C)S)c1OCCOC(=O)CC(C)S. The molecule has 1 aliphatic rings. The van der Waals surface area contributed by atoms with Gasteiger partial charge in [-0.3, -0.25) is 28.8 Å². The van der Waals surface area contributed by atoms with Crippen molar-refractivity contribution in [1.82, 2.24) is 0 Å². The highest BCUT2D eigenvalue weighted by Crippen LogP contribution is 2.59. The Kier molecular flexibility index (Phi) is 29.8. The molecule has 1 aliphatic carbocycles. The topological polar surface area (TPSA) is 213 Å². The number of benzene rings is 4. The van der Waals surface area contributed by atoms with Crippen LogP contribution < -0.4 is 28.4 Å². The van der Waals surface area contributed by atoms with Crippen molar-refractivity contribution in [3.05, 3.63) is 95.1 Å². The molecule has 18 nitrogen and oxygen atoms in total. The average molecular weight is 1290 g/mol. The quantitative estimate of drug-likeness (QED) is 0.00939. The maximum absolute atomic E-state index is 12.8. The molecule has 24 heteroatoms. The Bertz CT molecular complexity index is 2550. The van der Waals surface area contributed by atoms with E-state index in [1.54, 1.807) is 65.8 Å². The maximum atomic E-state index is 12.8. The Morgan fingerprint density at radius 1 is 0.329 bits per heavy atom. The van der Waals surface area contributed by atoms with Crippen molar-refractivity contribution in [2.75, 3.05) is 79.3 Å². The third-order valence-electron chi connectivity index (χ3n) is 12.2. The van der Waals surface area contributed by atoms with Crippen LogP contribution in [0.25, 0.3) is 11.1 Å². The van der Waals surface area contributed by atoms with Crippen LogP contribution in [0.15, 0.2) is 72.8 Å². The molecule has 466 valence electrons. The summed E-state index contributed by atoms with van der Waals surface area (Å²) >= 11 is 26.0. The summed E-state index contributed by atoms with van der Waals surface area (Å²) in [4.78, 5) is 76.3. The fourth-order valence-corrected chi connectivity index (χ4v) is 9.85. The molecule has 0 fully saturated rings. The summed E-state index contributed by atoms with van der Waals surface area (Å²) in [6.07, 6.45) is 0.344. The van der Waals surface area contributed by atoms with Gasteiger partial charge >= 0.3 is 35.8 Å². The van der Waals surface area contributed by atoms with Crippen LogP contribution >= 0.6 is 75.8 Å². The first-order valence-corrected chi connectivity index (χ1v) is 31.0. The minimum Gasteiger partial charge on any atom is -0.486 e. The normalized spacial score (nSPS) is 14.1. The zero-order valence-electron chi connectivity index (χ0n) is 48.7. The van der Waals surface area contributed by atoms with Crippen molar-refractivity contribution in [3.63, 3.8) is 0 Å². The van der Waals surface area contributed by atoms with Crippen LogP contribution in [0.2, 0.25) is 0 Å². The smallest absolute Gasteiger partial charge is 0.307 e. The molecule has 4 aromatic carbocycles. The molecule has 0 radical (unpaired) electrons. The first kappa shape index (κ1) is 70.4. The Morgan fingerprint density at radius 3 is 0.765 bits per heavy atom. The van der Waals surface area contributed by atoms with E-state index in [0.29, 0.717) is 11.1 Å². The van der Waals surface area contributed by atoms with Crippen LogP contribution in [0.3, 0.4) is 0 Å². The third kappa shape index (κ3) is 22.7. The van der Waals surface area contributed by atoms with E-state index < -0.39 is 41.2 Å². The number of thiol groups is 6. The van der Waals surface area contributed by atoms with E-state index in [-0.39, 0.29) is 184 Å². The fraction of sp³-hybridized carbons (Fsp3) is 0.508. The first-order chi connectivity index (χ1) is 40.6. The Morgan fingerprint density at radius 2 is 0.541 bits per heavy atom. The van der Waals surface area contributed by atoms with Gasteiger partial charge in [0.2, 0.25) is 11.5 Å². The van der Waals surface area contributed by atoms with E-state index in [1.165, 1.54) is 0 Å². The number of fused-ring (bicyclic) bond motifs is 3. The largest absolute Gasteiger partial charge is 0.486 e. The number of ether oxygens (including phenoxy) is 12. The molecule has 5 rings (SSSR count). The third-order valence-corrected chi connectivity index (χ3v) is 13.3. The lowest BCUT2D eigenvalue weighted by atomic mass is 9.67. The number of hydrogen-bond acceptors (Lipinski definition) is 24. The molecule has 0 saturated heterocycles. The van der Waals surface area contributed by atoms with Crippen molar-refractivity contribution in [2.45, 2.75) is 117 Å². The fourth-order valence-electron chi connectivity index (χ4n) is 8.95. The van der Waals surface area contributed by atoms with Gasteiger partial charge in [0.15, 0.2) is 23.0 Å². The van der Waals surface area contributed by atoms with Gasteiger partial charge in [0.05, 0.1) is 43.9 Å². The van der Waals surface area contributed by atoms with Crippen LogP contribution in [0.5, 0.6) is 34.5 Å². The second kappa shape index (κ2) is 36.0. The van der Waals surface area contributed by atoms with Crippen LogP contribution in [0, 0.1) is 0 Å². The molecular weight excluding hydrogens is 1210 g/mol. The highest BCUT2D eigenvalue weighted by molar-refractivity contribution is 7.81. The predicted octanol–water partition coefficient (Wildman–Crippen LogP) is 9.83. The molecule has 6 unspecified atom stereocenters. The summed E-state index contributed by atoms with van der Waals surface area (Å²) < 4.78 is 72.4. The molecule has 85 heavy (non-hydrogen) atoms. The average Bonchev–Trinajstić information content (AvgIpc) is 1.61. The number of carbonyl (C=O) groups excluding carboxylic acids is 6.